The molecule has 1 aliphatic heterocycles. The van der Waals surface area contributed by atoms with E-state index < -0.39 is 17.5 Å². The minimum absolute atomic E-state index is 0.00678. The Hall–Kier alpha value is -2.37. The molecule has 0 fully saturated rings. The van der Waals surface area contributed by atoms with Crippen molar-refractivity contribution in [3.63, 3.8) is 0 Å². The molecule has 0 unspecified atom stereocenters. The zero-order valence-corrected chi connectivity index (χ0v) is 13.8. The molecule has 6 heteroatoms. The van der Waals surface area contributed by atoms with E-state index in [1.54, 1.807) is 13.8 Å². The van der Waals surface area contributed by atoms with E-state index in [9.17, 15) is 9.59 Å². The van der Waals surface area contributed by atoms with Gasteiger partial charge in [-0.2, -0.15) is 0 Å². The number of hydrogen-bond acceptors (Lipinski definition) is 6. The van der Waals surface area contributed by atoms with E-state index in [2.05, 4.69) is 5.16 Å². The molecule has 0 aliphatic carbocycles. The number of esters is 2. The lowest BCUT2D eigenvalue weighted by molar-refractivity contribution is -0.187. The SMILES string of the molecule is CCOC(=O)C1(C(=O)OCC)CC(c2ccc(C)c(C)c2)=NO1. The third-order valence-corrected chi connectivity index (χ3v) is 3.78. The fourth-order valence-electron chi connectivity index (χ4n) is 2.31. The Balaban J connectivity index is 2.30. The van der Waals surface area contributed by atoms with Crippen LogP contribution in [0.25, 0.3) is 0 Å². The van der Waals surface area contributed by atoms with Crippen LogP contribution in [0, 0.1) is 13.8 Å². The number of carbonyl (C=O) groups is 2. The molecule has 0 spiro atoms. The summed E-state index contributed by atoms with van der Waals surface area (Å²) in [5, 5.41) is 3.95. The van der Waals surface area contributed by atoms with Gasteiger partial charge in [0, 0.05) is 0 Å². The lowest BCUT2D eigenvalue weighted by Gasteiger charge is -2.21. The summed E-state index contributed by atoms with van der Waals surface area (Å²) in [4.78, 5) is 29.8. The van der Waals surface area contributed by atoms with E-state index in [1.807, 2.05) is 32.0 Å². The summed E-state index contributed by atoms with van der Waals surface area (Å²) in [7, 11) is 0. The molecule has 0 N–H and O–H groups in total. The summed E-state index contributed by atoms with van der Waals surface area (Å²) < 4.78 is 9.97. The van der Waals surface area contributed by atoms with Gasteiger partial charge in [0.1, 0.15) is 0 Å². The molecule has 0 radical (unpaired) electrons. The minimum Gasteiger partial charge on any atom is -0.462 e. The van der Waals surface area contributed by atoms with Gasteiger partial charge in [-0.15, -0.1) is 0 Å². The van der Waals surface area contributed by atoms with Crippen molar-refractivity contribution in [2.75, 3.05) is 13.2 Å². The molecular formula is C17H21NO5. The Labute approximate surface area is 135 Å². The van der Waals surface area contributed by atoms with Crippen LogP contribution in [-0.2, 0) is 23.9 Å². The van der Waals surface area contributed by atoms with Crippen LogP contribution in [0.5, 0.6) is 0 Å². The summed E-state index contributed by atoms with van der Waals surface area (Å²) in [6.45, 7) is 7.60. The molecular weight excluding hydrogens is 298 g/mol. The second-order valence-corrected chi connectivity index (χ2v) is 5.37. The molecule has 0 saturated heterocycles. The van der Waals surface area contributed by atoms with Gasteiger partial charge in [-0.1, -0.05) is 17.3 Å². The zero-order chi connectivity index (χ0) is 17.0. The van der Waals surface area contributed by atoms with Crippen molar-refractivity contribution >= 4 is 17.7 Å². The van der Waals surface area contributed by atoms with Crippen LogP contribution in [0.1, 0.15) is 37.0 Å². The number of aryl methyl sites for hydroxylation is 2. The van der Waals surface area contributed by atoms with Crippen LogP contribution in [0.3, 0.4) is 0 Å². The van der Waals surface area contributed by atoms with E-state index in [0.717, 1.165) is 16.7 Å². The first kappa shape index (κ1) is 17.0. The lowest BCUT2D eigenvalue weighted by atomic mass is 9.93. The Kier molecular flexibility index (Phi) is 5.03. The summed E-state index contributed by atoms with van der Waals surface area (Å²) in [5.41, 5.74) is 1.73. The minimum atomic E-state index is -1.85. The predicted octanol–water partition coefficient (Wildman–Crippen LogP) is 2.29. The molecule has 1 aromatic carbocycles. The number of ether oxygens (including phenoxy) is 2. The maximum absolute atomic E-state index is 12.3. The van der Waals surface area contributed by atoms with E-state index in [4.69, 9.17) is 14.3 Å². The maximum atomic E-state index is 12.3. The van der Waals surface area contributed by atoms with Gasteiger partial charge in [-0.05, 0) is 50.5 Å². The molecule has 6 nitrogen and oxygen atoms in total. The Bertz CT molecular complexity index is 632. The van der Waals surface area contributed by atoms with Gasteiger partial charge < -0.3 is 14.3 Å². The number of hydrogen-bond donors (Lipinski definition) is 0. The van der Waals surface area contributed by atoms with Crippen molar-refractivity contribution in [3.8, 4) is 0 Å². The lowest BCUT2D eigenvalue weighted by Crippen LogP contribution is -2.49. The van der Waals surface area contributed by atoms with Gasteiger partial charge in [0.25, 0.3) is 0 Å². The van der Waals surface area contributed by atoms with Crippen molar-refractivity contribution in [2.45, 2.75) is 39.7 Å². The molecule has 1 heterocycles. The highest BCUT2D eigenvalue weighted by Crippen LogP contribution is 2.30. The molecule has 0 aromatic heterocycles. The van der Waals surface area contributed by atoms with Crippen molar-refractivity contribution < 1.29 is 23.9 Å². The molecule has 0 saturated carbocycles. The number of oxime groups is 1. The number of rotatable bonds is 5. The Morgan fingerprint density at radius 3 is 2.26 bits per heavy atom. The van der Waals surface area contributed by atoms with Crippen molar-refractivity contribution in [2.24, 2.45) is 5.16 Å². The van der Waals surface area contributed by atoms with Gasteiger partial charge >= 0.3 is 17.5 Å². The smallest absolute Gasteiger partial charge is 0.365 e. The van der Waals surface area contributed by atoms with Crippen LogP contribution in [0.2, 0.25) is 0 Å². The largest absolute Gasteiger partial charge is 0.462 e. The predicted molar refractivity (Wildman–Crippen MR) is 84.2 cm³/mol. The topological polar surface area (TPSA) is 74.2 Å². The quantitative estimate of drug-likeness (QED) is 0.615. The highest BCUT2D eigenvalue weighted by molar-refractivity contribution is 6.13. The van der Waals surface area contributed by atoms with Crippen LogP contribution < -0.4 is 0 Å². The standard InChI is InChI=1S/C17H21NO5/c1-5-21-15(19)17(16(20)22-6-2)10-14(18-23-17)13-8-7-11(3)12(4)9-13/h7-9H,5-6,10H2,1-4H3. The molecule has 0 atom stereocenters. The van der Waals surface area contributed by atoms with E-state index in [0.29, 0.717) is 5.71 Å². The van der Waals surface area contributed by atoms with Crippen molar-refractivity contribution in [1.82, 2.24) is 0 Å². The van der Waals surface area contributed by atoms with Crippen molar-refractivity contribution in [1.29, 1.82) is 0 Å². The van der Waals surface area contributed by atoms with Gasteiger partial charge in [-0.25, -0.2) is 9.59 Å². The zero-order valence-electron chi connectivity index (χ0n) is 13.8. The fourth-order valence-corrected chi connectivity index (χ4v) is 2.31. The third-order valence-electron chi connectivity index (χ3n) is 3.78. The third kappa shape index (κ3) is 3.21. The first-order chi connectivity index (χ1) is 10.9. The van der Waals surface area contributed by atoms with Gasteiger partial charge in [-0.3, -0.25) is 0 Å². The number of carbonyl (C=O) groups excluding carboxylic acids is 2. The maximum Gasteiger partial charge on any atom is 0.365 e. The van der Waals surface area contributed by atoms with Gasteiger partial charge in [0.05, 0.1) is 25.3 Å². The molecule has 0 bridgehead atoms. The van der Waals surface area contributed by atoms with Gasteiger partial charge in [0.15, 0.2) is 0 Å². The monoisotopic (exact) mass is 319 g/mol. The first-order valence-electron chi connectivity index (χ1n) is 7.61. The van der Waals surface area contributed by atoms with Crippen LogP contribution in [0.15, 0.2) is 23.4 Å². The first-order valence-corrected chi connectivity index (χ1v) is 7.61. The summed E-state index contributed by atoms with van der Waals surface area (Å²) in [6.07, 6.45) is -0.00678. The average molecular weight is 319 g/mol. The molecule has 1 aliphatic rings. The molecule has 1 aromatic rings. The molecule has 0 amide bonds. The fraction of sp³-hybridized carbons (Fsp3) is 0.471. The van der Waals surface area contributed by atoms with Crippen molar-refractivity contribution in [3.05, 3.63) is 34.9 Å². The molecule has 2 rings (SSSR count). The highest BCUT2D eigenvalue weighted by atomic mass is 16.7. The van der Waals surface area contributed by atoms with E-state index >= 15 is 0 Å². The number of nitrogens with zero attached hydrogens (tertiary/aromatic N) is 1. The van der Waals surface area contributed by atoms with E-state index in [1.165, 1.54) is 0 Å². The molecule has 124 valence electrons. The van der Waals surface area contributed by atoms with E-state index in [-0.39, 0.29) is 19.6 Å². The second kappa shape index (κ2) is 6.81. The summed E-state index contributed by atoms with van der Waals surface area (Å²) in [6, 6.07) is 5.79. The Morgan fingerprint density at radius 2 is 1.74 bits per heavy atom. The Morgan fingerprint density at radius 1 is 1.13 bits per heavy atom. The normalized spacial score (nSPS) is 15.6. The summed E-state index contributed by atoms with van der Waals surface area (Å²) >= 11 is 0. The van der Waals surface area contributed by atoms with Crippen LogP contribution in [-0.4, -0.2) is 36.5 Å². The van der Waals surface area contributed by atoms with Crippen LogP contribution >= 0.6 is 0 Å². The summed E-state index contributed by atoms with van der Waals surface area (Å²) in [5.74, 6) is -1.55. The molecule has 23 heavy (non-hydrogen) atoms. The second-order valence-electron chi connectivity index (χ2n) is 5.37. The number of benzene rings is 1. The average Bonchev–Trinajstić information content (AvgIpc) is 2.97. The van der Waals surface area contributed by atoms with Gasteiger partial charge in [0.2, 0.25) is 0 Å². The van der Waals surface area contributed by atoms with Crippen LogP contribution in [0.4, 0.5) is 0 Å². The highest BCUT2D eigenvalue weighted by Gasteiger charge is 2.56.